The third kappa shape index (κ3) is 4.23. The lowest BCUT2D eigenvalue weighted by Crippen LogP contribution is -2.53. The first-order valence-electron chi connectivity index (χ1n) is 10.8. The maximum Gasteiger partial charge on any atom is 0.321 e. The minimum absolute atomic E-state index is 0.0428. The average molecular weight is 399 g/mol. The molecule has 4 amide bonds. The summed E-state index contributed by atoms with van der Waals surface area (Å²) in [5.41, 5.74) is 2.77. The quantitative estimate of drug-likeness (QED) is 0.833. The van der Waals surface area contributed by atoms with Crippen molar-refractivity contribution in [2.45, 2.75) is 45.4 Å². The molecule has 1 aromatic rings. The lowest BCUT2D eigenvalue weighted by atomic mass is 9.88. The highest BCUT2D eigenvalue weighted by Gasteiger charge is 2.30. The van der Waals surface area contributed by atoms with Crippen LogP contribution in [0.15, 0.2) is 18.2 Å². The highest BCUT2D eigenvalue weighted by Crippen LogP contribution is 2.30. The molecule has 1 saturated carbocycles. The van der Waals surface area contributed by atoms with Gasteiger partial charge in [0, 0.05) is 56.9 Å². The summed E-state index contributed by atoms with van der Waals surface area (Å²) in [4.78, 5) is 42.5. The van der Waals surface area contributed by atoms with Crippen molar-refractivity contribution in [1.29, 1.82) is 0 Å². The normalized spacial score (nSPS) is 19.8. The average Bonchev–Trinajstić information content (AvgIpc) is 3.17. The molecule has 0 atom stereocenters. The van der Waals surface area contributed by atoms with Gasteiger partial charge in [-0.25, -0.2) is 4.79 Å². The summed E-state index contributed by atoms with van der Waals surface area (Å²) in [7, 11) is 0. The van der Waals surface area contributed by atoms with Crippen molar-refractivity contribution in [3.63, 3.8) is 0 Å². The second-order valence-electron chi connectivity index (χ2n) is 8.34. The molecule has 0 bridgehead atoms. The first-order chi connectivity index (χ1) is 14.0. The number of rotatable bonds is 2. The van der Waals surface area contributed by atoms with Crippen LogP contribution in [0.1, 0.15) is 44.6 Å². The van der Waals surface area contributed by atoms with Crippen LogP contribution in [0.2, 0.25) is 0 Å². The number of nitrogens with one attached hydrogen (secondary N) is 1. The smallest absolute Gasteiger partial charge is 0.321 e. The zero-order valence-electron chi connectivity index (χ0n) is 17.2. The molecule has 1 N–H and O–H groups in total. The fraction of sp³-hybridized carbons (Fsp3) is 0.591. The van der Waals surface area contributed by atoms with Gasteiger partial charge < -0.3 is 20.0 Å². The van der Waals surface area contributed by atoms with Gasteiger partial charge in [-0.3, -0.25) is 9.59 Å². The molecule has 4 rings (SSSR count). The molecule has 0 aromatic heterocycles. The fourth-order valence-corrected chi connectivity index (χ4v) is 4.75. The Morgan fingerprint density at radius 3 is 2.31 bits per heavy atom. The van der Waals surface area contributed by atoms with E-state index in [1.807, 2.05) is 23.1 Å². The number of benzene rings is 1. The Balaban J connectivity index is 1.30. The van der Waals surface area contributed by atoms with Gasteiger partial charge in [0.05, 0.1) is 0 Å². The molecule has 156 valence electrons. The molecule has 2 aliphatic heterocycles. The molecule has 3 aliphatic rings. The summed E-state index contributed by atoms with van der Waals surface area (Å²) in [6.45, 7) is 4.62. The van der Waals surface area contributed by atoms with Gasteiger partial charge >= 0.3 is 6.03 Å². The van der Waals surface area contributed by atoms with E-state index < -0.39 is 0 Å². The van der Waals surface area contributed by atoms with Crippen LogP contribution in [-0.4, -0.2) is 60.4 Å². The number of carbonyl (C=O) groups excluding carboxylic acids is 3. The van der Waals surface area contributed by atoms with Crippen LogP contribution >= 0.6 is 0 Å². The zero-order valence-corrected chi connectivity index (χ0v) is 17.2. The number of nitrogens with zero attached hydrogens (tertiary/aromatic N) is 3. The van der Waals surface area contributed by atoms with E-state index in [4.69, 9.17) is 0 Å². The molecule has 0 radical (unpaired) electrons. The minimum Gasteiger partial charge on any atom is -0.339 e. The maximum absolute atomic E-state index is 12.7. The summed E-state index contributed by atoms with van der Waals surface area (Å²) in [6.07, 6.45) is 6.39. The molecule has 7 nitrogen and oxygen atoms in total. The SMILES string of the molecule is CC(=O)N1CCc2cc(NC(=O)N3CCN(C(=O)C4CCCCC4)CC3)ccc21. The van der Waals surface area contributed by atoms with Crippen LogP contribution < -0.4 is 10.2 Å². The number of amides is 4. The zero-order chi connectivity index (χ0) is 20.4. The van der Waals surface area contributed by atoms with Gasteiger partial charge in [0.15, 0.2) is 0 Å². The Bertz CT molecular complexity index is 795. The Labute approximate surface area is 172 Å². The van der Waals surface area contributed by atoms with Crippen molar-refractivity contribution < 1.29 is 14.4 Å². The second-order valence-corrected chi connectivity index (χ2v) is 8.34. The first kappa shape index (κ1) is 19.7. The van der Waals surface area contributed by atoms with E-state index in [1.165, 1.54) is 6.42 Å². The number of carbonyl (C=O) groups is 3. The van der Waals surface area contributed by atoms with E-state index in [0.29, 0.717) is 32.7 Å². The highest BCUT2D eigenvalue weighted by molar-refractivity contribution is 5.95. The molecule has 0 unspecified atom stereocenters. The van der Waals surface area contributed by atoms with Crippen LogP contribution in [0.25, 0.3) is 0 Å². The summed E-state index contributed by atoms with van der Waals surface area (Å²) >= 11 is 0. The molecule has 2 heterocycles. The minimum atomic E-state index is -0.129. The van der Waals surface area contributed by atoms with Gasteiger partial charge in [0.1, 0.15) is 0 Å². The number of urea groups is 1. The molecule has 2 fully saturated rings. The maximum atomic E-state index is 12.7. The van der Waals surface area contributed by atoms with Crippen LogP contribution in [-0.2, 0) is 16.0 Å². The molecule has 1 aromatic carbocycles. The topological polar surface area (TPSA) is 73.0 Å². The Morgan fingerprint density at radius 2 is 1.62 bits per heavy atom. The van der Waals surface area contributed by atoms with Gasteiger partial charge in [-0.15, -0.1) is 0 Å². The summed E-state index contributed by atoms with van der Waals surface area (Å²) in [5.74, 6) is 0.504. The molecular weight excluding hydrogens is 368 g/mol. The van der Waals surface area contributed by atoms with Crippen molar-refractivity contribution in [3.05, 3.63) is 23.8 Å². The number of piperazine rings is 1. The number of fused-ring (bicyclic) bond motifs is 1. The summed E-state index contributed by atoms with van der Waals surface area (Å²) < 4.78 is 0. The highest BCUT2D eigenvalue weighted by atomic mass is 16.2. The molecule has 7 heteroatoms. The van der Waals surface area contributed by atoms with E-state index in [-0.39, 0.29) is 23.8 Å². The fourth-order valence-electron chi connectivity index (χ4n) is 4.75. The molecular formula is C22H30N4O3. The molecule has 29 heavy (non-hydrogen) atoms. The van der Waals surface area contributed by atoms with Crippen LogP contribution in [0.4, 0.5) is 16.2 Å². The van der Waals surface area contributed by atoms with E-state index in [9.17, 15) is 14.4 Å². The standard InChI is InChI=1S/C22H30N4O3/c1-16(27)26-10-9-18-15-19(7-8-20(18)26)23-22(29)25-13-11-24(12-14-25)21(28)17-5-3-2-4-6-17/h7-8,15,17H,2-6,9-14H2,1H3,(H,23,29). The van der Waals surface area contributed by atoms with Crippen LogP contribution in [0.5, 0.6) is 0 Å². The number of hydrogen-bond donors (Lipinski definition) is 1. The van der Waals surface area contributed by atoms with Crippen LogP contribution in [0, 0.1) is 5.92 Å². The van der Waals surface area contributed by atoms with E-state index in [1.54, 1.807) is 16.7 Å². The number of hydrogen-bond acceptors (Lipinski definition) is 3. The lowest BCUT2D eigenvalue weighted by Gasteiger charge is -2.37. The summed E-state index contributed by atoms with van der Waals surface area (Å²) in [6, 6.07) is 5.58. The van der Waals surface area contributed by atoms with E-state index >= 15 is 0 Å². The van der Waals surface area contributed by atoms with E-state index in [2.05, 4.69) is 5.32 Å². The van der Waals surface area contributed by atoms with Gasteiger partial charge in [-0.05, 0) is 43.0 Å². The van der Waals surface area contributed by atoms with Crippen molar-refractivity contribution >= 4 is 29.2 Å². The molecule has 0 spiro atoms. The van der Waals surface area contributed by atoms with Gasteiger partial charge in [0.2, 0.25) is 11.8 Å². The van der Waals surface area contributed by atoms with Crippen molar-refractivity contribution in [2.75, 3.05) is 42.9 Å². The Hall–Kier alpha value is -2.57. The van der Waals surface area contributed by atoms with E-state index in [0.717, 1.165) is 49.0 Å². The molecule has 1 aliphatic carbocycles. The predicted octanol–water partition coefficient (Wildman–Crippen LogP) is 2.85. The summed E-state index contributed by atoms with van der Waals surface area (Å²) in [5, 5.41) is 2.97. The van der Waals surface area contributed by atoms with Crippen molar-refractivity contribution in [3.8, 4) is 0 Å². The Morgan fingerprint density at radius 1 is 0.931 bits per heavy atom. The number of anilines is 2. The first-order valence-corrected chi connectivity index (χ1v) is 10.8. The van der Waals surface area contributed by atoms with Crippen molar-refractivity contribution in [2.24, 2.45) is 5.92 Å². The van der Waals surface area contributed by atoms with Gasteiger partial charge in [-0.2, -0.15) is 0 Å². The van der Waals surface area contributed by atoms with Crippen molar-refractivity contribution in [1.82, 2.24) is 9.80 Å². The third-order valence-corrected chi connectivity index (χ3v) is 6.44. The second kappa shape index (κ2) is 8.43. The third-order valence-electron chi connectivity index (χ3n) is 6.44. The van der Waals surface area contributed by atoms with Gasteiger partial charge in [0.25, 0.3) is 0 Å². The lowest BCUT2D eigenvalue weighted by molar-refractivity contribution is -0.138. The monoisotopic (exact) mass is 398 g/mol. The largest absolute Gasteiger partial charge is 0.339 e. The van der Waals surface area contributed by atoms with Gasteiger partial charge in [-0.1, -0.05) is 19.3 Å². The Kier molecular flexibility index (Phi) is 5.74. The van der Waals surface area contributed by atoms with Crippen LogP contribution in [0.3, 0.4) is 0 Å². The predicted molar refractivity (Wildman–Crippen MR) is 112 cm³/mol. The molecule has 1 saturated heterocycles.